The number of fused-ring (bicyclic) bond motifs is 1. The average molecular weight is 497 g/mol. The van der Waals surface area contributed by atoms with Gasteiger partial charge in [-0.05, 0) is 24.8 Å². The molecule has 3 heterocycles. The minimum absolute atomic E-state index is 0.0372. The second kappa shape index (κ2) is 11.0. The van der Waals surface area contributed by atoms with Crippen molar-refractivity contribution in [3.05, 3.63) is 61.2 Å². The van der Waals surface area contributed by atoms with Crippen molar-refractivity contribution in [1.82, 2.24) is 9.80 Å². The lowest BCUT2D eigenvalue weighted by Gasteiger charge is -2.39. The van der Waals surface area contributed by atoms with Crippen LogP contribution in [0.5, 0.6) is 0 Å². The van der Waals surface area contributed by atoms with E-state index in [4.69, 9.17) is 9.47 Å². The van der Waals surface area contributed by atoms with Crippen molar-refractivity contribution in [1.29, 1.82) is 0 Å². The van der Waals surface area contributed by atoms with Crippen molar-refractivity contribution in [3.8, 4) is 0 Å². The highest BCUT2D eigenvalue weighted by atomic mass is 16.6. The molecule has 3 saturated heterocycles. The molecule has 3 fully saturated rings. The highest BCUT2D eigenvalue weighted by molar-refractivity contribution is 5.98. The van der Waals surface area contributed by atoms with Crippen molar-refractivity contribution < 1.29 is 29.0 Å². The SMILES string of the molecule is C=CCOC(=O)[C@@H]1[C@@H]2CCC3(O2)C(C(=O)N(CC=C)CCCC)N([C@H](CO)c2ccccc2)C(=O)[C@H]13. The lowest BCUT2D eigenvalue weighted by molar-refractivity contribution is -0.156. The first-order valence-electron chi connectivity index (χ1n) is 12.8. The van der Waals surface area contributed by atoms with Gasteiger partial charge in [-0.15, -0.1) is 6.58 Å². The summed E-state index contributed by atoms with van der Waals surface area (Å²) in [4.78, 5) is 44.6. The first kappa shape index (κ1) is 26.1. The molecule has 194 valence electrons. The first-order chi connectivity index (χ1) is 17.4. The number of nitrogens with zero attached hydrogens (tertiary/aromatic N) is 2. The van der Waals surface area contributed by atoms with Gasteiger partial charge < -0.3 is 24.4 Å². The van der Waals surface area contributed by atoms with Gasteiger partial charge in [0.1, 0.15) is 18.2 Å². The molecular formula is C28H36N2O6. The summed E-state index contributed by atoms with van der Waals surface area (Å²) in [5.74, 6) is -2.76. The molecule has 2 bridgehead atoms. The average Bonchev–Trinajstić information content (AvgIpc) is 3.53. The van der Waals surface area contributed by atoms with Crippen molar-refractivity contribution in [2.75, 3.05) is 26.3 Å². The smallest absolute Gasteiger partial charge is 0.312 e. The summed E-state index contributed by atoms with van der Waals surface area (Å²) in [6.45, 7) is 9.98. The van der Waals surface area contributed by atoms with Gasteiger partial charge in [0.25, 0.3) is 0 Å². The lowest BCUT2D eigenvalue weighted by atomic mass is 9.70. The Labute approximate surface area is 212 Å². The third-order valence-electron chi connectivity index (χ3n) is 7.72. The van der Waals surface area contributed by atoms with Gasteiger partial charge in [-0.3, -0.25) is 14.4 Å². The maximum atomic E-state index is 14.2. The minimum Gasteiger partial charge on any atom is -0.461 e. The molecule has 2 amide bonds. The second-order valence-electron chi connectivity index (χ2n) is 9.76. The molecule has 3 aliphatic heterocycles. The number of esters is 1. The van der Waals surface area contributed by atoms with Crippen molar-refractivity contribution in [2.45, 2.75) is 56.4 Å². The Morgan fingerprint density at radius 2 is 2.06 bits per heavy atom. The van der Waals surface area contributed by atoms with Gasteiger partial charge in [0.15, 0.2) is 0 Å². The van der Waals surface area contributed by atoms with E-state index in [0.717, 1.165) is 12.8 Å². The molecule has 8 nitrogen and oxygen atoms in total. The van der Waals surface area contributed by atoms with Crippen LogP contribution in [0.25, 0.3) is 0 Å². The quantitative estimate of drug-likeness (QED) is 0.353. The Hall–Kier alpha value is -2.97. The van der Waals surface area contributed by atoms with Gasteiger partial charge >= 0.3 is 5.97 Å². The van der Waals surface area contributed by atoms with Gasteiger partial charge in [-0.25, -0.2) is 0 Å². The van der Waals surface area contributed by atoms with Crippen LogP contribution in [-0.2, 0) is 23.9 Å². The van der Waals surface area contributed by atoms with E-state index in [9.17, 15) is 19.5 Å². The zero-order valence-electron chi connectivity index (χ0n) is 20.9. The summed E-state index contributed by atoms with van der Waals surface area (Å²) in [7, 11) is 0. The molecule has 0 aliphatic carbocycles. The molecule has 0 saturated carbocycles. The molecule has 1 aromatic rings. The molecule has 6 atom stereocenters. The molecule has 1 spiro atoms. The van der Waals surface area contributed by atoms with Gasteiger partial charge in [-0.2, -0.15) is 0 Å². The number of ether oxygens (including phenoxy) is 2. The molecule has 3 aliphatic rings. The number of carbonyl (C=O) groups excluding carboxylic acids is 3. The Morgan fingerprint density at radius 1 is 1.31 bits per heavy atom. The number of aliphatic hydroxyl groups excluding tert-OH is 1. The Kier molecular flexibility index (Phi) is 7.95. The van der Waals surface area contributed by atoms with Crippen LogP contribution in [0.3, 0.4) is 0 Å². The predicted molar refractivity (Wildman–Crippen MR) is 134 cm³/mol. The number of carbonyl (C=O) groups is 3. The maximum Gasteiger partial charge on any atom is 0.312 e. The Bertz CT molecular complexity index is 997. The lowest BCUT2D eigenvalue weighted by Crippen LogP contribution is -2.57. The molecule has 2 unspecified atom stereocenters. The summed E-state index contributed by atoms with van der Waals surface area (Å²) in [6, 6.07) is 7.45. The number of hydrogen-bond donors (Lipinski definition) is 1. The number of unbranched alkanes of at least 4 members (excludes halogenated alkanes) is 1. The summed E-state index contributed by atoms with van der Waals surface area (Å²) < 4.78 is 11.8. The second-order valence-corrected chi connectivity index (χ2v) is 9.76. The molecule has 0 radical (unpaired) electrons. The number of rotatable bonds is 12. The normalized spacial score (nSPS) is 29.1. The van der Waals surface area contributed by atoms with Crippen LogP contribution in [0.4, 0.5) is 0 Å². The van der Waals surface area contributed by atoms with E-state index in [1.807, 2.05) is 30.3 Å². The van der Waals surface area contributed by atoms with Crippen LogP contribution < -0.4 is 0 Å². The Morgan fingerprint density at radius 3 is 2.69 bits per heavy atom. The third-order valence-corrected chi connectivity index (χ3v) is 7.72. The Balaban J connectivity index is 1.80. The number of likely N-dealkylation sites (tertiary alicyclic amines) is 1. The highest BCUT2D eigenvalue weighted by Gasteiger charge is 2.75. The largest absolute Gasteiger partial charge is 0.461 e. The summed E-state index contributed by atoms with van der Waals surface area (Å²) in [6.07, 6.45) is 5.42. The van der Waals surface area contributed by atoms with Crippen LogP contribution in [0.1, 0.15) is 44.2 Å². The molecule has 8 heteroatoms. The van der Waals surface area contributed by atoms with E-state index >= 15 is 0 Å². The number of hydrogen-bond acceptors (Lipinski definition) is 6. The molecule has 1 aromatic carbocycles. The van der Waals surface area contributed by atoms with Crippen LogP contribution in [0.15, 0.2) is 55.6 Å². The molecule has 1 N–H and O–H groups in total. The monoisotopic (exact) mass is 496 g/mol. The van der Waals surface area contributed by atoms with Gasteiger partial charge in [0.2, 0.25) is 11.8 Å². The van der Waals surface area contributed by atoms with Crippen LogP contribution in [-0.4, -0.2) is 76.7 Å². The minimum atomic E-state index is -1.15. The zero-order chi connectivity index (χ0) is 25.9. The molecule has 4 rings (SSSR count). The summed E-state index contributed by atoms with van der Waals surface area (Å²) in [5, 5.41) is 10.5. The van der Waals surface area contributed by atoms with Crippen LogP contribution in [0, 0.1) is 11.8 Å². The van der Waals surface area contributed by atoms with Crippen LogP contribution >= 0.6 is 0 Å². The zero-order valence-corrected chi connectivity index (χ0v) is 20.9. The fourth-order valence-corrected chi connectivity index (χ4v) is 6.21. The number of benzene rings is 1. The van der Waals surface area contributed by atoms with Gasteiger partial charge in [0.05, 0.1) is 30.6 Å². The van der Waals surface area contributed by atoms with Crippen molar-refractivity contribution in [2.24, 2.45) is 11.8 Å². The van der Waals surface area contributed by atoms with E-state index in [2.05, 4.69) is 20.1 Å². The highest BCUT2D eigenvalue weighted by Crippen LogP contribution is 2.60. The fraction of sp³-hybridized carbons (Fsp3) is 0.536. The standard InChI is InChI=1S/C28H36N2O6/c1-4-7-16-29(15-5-2)26(33)24-28-14-13-21(36-28)22(27(34)35-17-6-3)23(28)25(32)30(24)20(18-31)19-11-9-8-10-12-19/h5-6,8-12,20-24,31H,2-4,7,13-18H2,1H3/t20-,21+,22-,23+,24?,28?/m1/s1. The van der Waals surface area contributed by atoms with E-state index in [1.165, 1.54) is 11.0 Å². The number of aliphatic hydroxyl groups is 1. The van der Waals surface area contributed by atoms with Crippen LogP contribution in [0.2, 0.25) is 0 Å². The number of amides is 2. The topological polar surface area (TPSA) is 96.4 Å². The van der Waals surface area contributed by atoms with Crippen molar-refractivity contribution >= 4 is 17.8 Å². The fourth-order valence-electron chi connectivity index (χ4n) is 6.21. The van der Waals surface area contributed by atoms with E-state index in [1.54, 1.807) is 11.0 Å². The summed E-state index contributed by atoms with van der Waals surface area (Å²) in [5.41, 5.74) is -0.434. The van der Waals surface area contributed by atoms with Crippen molar-refractivity contribution in [3.63, 3.8) is 0 Å². The predicted octanol–water partition coefficient (Wildman–Crippen LogP) is 2.64. The molecule has 0 aromatic heterocycles. The van der Waals surface area contributed by atoms with E-state index in [-0.39, 0.29) is 25.0 Å². The molecule has 36 heavy (non-hydrogen) atoms. The van der Waals surface area contributed by atoms with E-state index in [0.29, 0.717) is 31.5 Å². The third kappa shape index (κ3) is 4.26. The van der Waals surface area contributed by atoms with Gasteiger partial charge in [-0.1, -0.05) is 62.4 Å². The first-order valence-corrected chi connectivity index (χ1v) is 12.8. The van der Waals surface area contributed by atoms with E-state index < -0.39 is 41.6 Å². The van der Waals surface area contributed by atoms with Gasteiger partial charge in [0, 0.05) is 13.1 Å². The maximum absolute atomic E-state index is 14.2. The summed E-state index contributed by atoms with van der Waals surface area (Å²) >= 11 is 0. The molecular weight excluding hydrogens is 460 g/mol.